The molecule has 0 radical (unpaired) electrons. The quantitative estimate of drug-likeness (QED) is 0.0195. The van der Waals surface area contributed by atoms with E-state index < -0.39 is 24.3 Å². The summed E-state index contributed by atoms with van der Waals surface area (Å²) < 4.78 is 22.8. The highest BCUT2D eigenvalue weighted by atomic mass is 16.7. The van der Waals surface area contributed by atoms with Gasteiger partial charge >= 0.3 is 11.9 Å². The molecule has 0 aliphatic rings. The predicted molar refractivity (Wildman–Crippen MR) is 352 cm³/mol. The van der Waals surface area contributed by atoms with E-state index >= 15 is 0 Å². The molecule has 2 unspecified atom stereocenters. The number of allylic oxidation sites excluding steroid dienone is 14. The van der Waals surface area contributed by atoms with Crippen molar-refractivity contribution >= 4 is 17.9 Å². The fraction of sp³-hybridized carbons (Fsp3) is 0.770. The lowest BCUT2D eigenvalue weighted by Crippen LogP contribution is -2.44. The molecule has 0 fully saturated rings. The molecule has 0 aliphatic heterocycles. The summed E-state index contributed by atoms with van der Waals surface area (Å²) in [5, 5.41) is 11.8. The Balaban J connectivity index is 4.14. The van der Waals surface area contributed by atoms with Gasteiger partial charge in [-0.25, -0.2) is 0 Å². The molecule has 0 spiro atoms. The van der Waals surface area contributed by atoms with Crippen molar-refractivity contribution < 1.29 is 42.9 Å². The highest BCUT2D eigenvalue weighted by molar-refractivity contribution is 5.70. The largest absolute Gasteiger partial charge is 0.545 e. The van der Waals surface area contributed by atoms with Gasteiger partial charge in [0.1, 0.15) is 13.2 Å². The molecule has 0 amide bonds. The van der Waals surface area contributed by atoms with Crippen LogP contribution in [0.2, 0.25) is 0 Å². The first-order chi connectivity index (χ1) is 40.6. The van der Waals surface area contributed by atoms with E-state index in [1.54, 1.807) is 0 Å². The minimum atomic E-state index is -1.63. The molecule has 0 N–H and O–H groups in total. The third kappa shape index (κ3) is 65.9. The highest BCUT2D eigenvalue weighted by Gasteiger charge is 2.22. The Morgan fingerprint density at radius 3 is 1.02 bits per heavy atom. The van der Waals surface area contributed by atoms with Gasteiger partial charge in [0.15, 0.2) is 12.4 Å². The topological polar surface area (TPSA) is 111 Å². The average molecular weight is 1160 g/mol. The number of carbonyl (C=O) groups is 3. The monoisotopic (exact) mass is 1160 g/mol. The van der Waals surface area contributed by atoms with Crippen molar-refractivity contribution in [3.63, 3.8) is 0 Å². The second-order valence-corrected chi connectivity index (χ2v) is 24.4. The van der Waals surface area contributed by atoms with Crippen molar-refractivity contribution in [3.05, 3.63) is 85.1 Å². The Morgan fingerprint density at radius 1 is 0.373 bits per heavy atom. The summed E-state index contributed by atoms with van der Waals surface area (Å²) in [6.07, 6.45) is 83.8. The summed E-state index contributed by atoms with van der Waals surface area (Å²) in [6.45, 7) is 4.65. The molecule has 0 aromatic carbocycles. The van der Waals surface area contributed by atoms with E-state index in [1.165, 1.54) is 180 Å². The van der Waals surface area contributed by atoms with Gasteiger partial charge in [-0.1, -0.05) is 311 Å². The molecule has 480 valence electrons. The molecule has 0 heterocycles. The molecular weight excluding hydrogens is 1030 g/mol. The zero-order valence-corrected chi connectivity index (χ0v) is 54.8. The predicted octanol–water partition coefficient (Wildman–Crippen LogP) is 20.1. The third-order valence-corrected chi connectivity index (χ3v) is 15.2. The van der Waals surface area contributed by atoms with Crippen molar-refractivity contribution in [1.29, 1.82) is 0 Å². The number of hydrogen-bond donors (Lipinski definition) is 0. The zero-order chi connectivity index (χ0) is 60.5. The first kappa shape index (κ1) is 79.5. The maximum Gasteiger partial charge on any atom is 0.306 e. The van der Waals surface area contributed by atoms with Crippen LogP contribution in [-0.2, 0) is 33.3 Å². The number of ether oxygens (including phenoxy) is 4. The van der Waals surface area contributed by atoms with Gasteiger partial charge < -0.3 is 33.3 Å². The summed E-state index contributed by atoms with van der Waals surface area (Å²) in [6, 6.07) is 0. The summed E-state index contributed by atoms with van der Waals surface area (Å²) >= 11 is 0. The fourth-order valence-electron chi connectivity index (χ4n) is 9.87. The second kappa shape index (κ2) is 64.5. The lowest BCUT2D eigenvalue weighted by molar-refractivity contribution is -0.870. The first-order valence-corrected chi connectivity index (χ1v) is 34.7. The number of unbranched alkanes of at least 4 members (excludes halogenated alkanes) is 35. The normalized spacial score (nSPS) is 13.2. The molecule has 0 saturated heterocycles. The van der Waals surface area contributed by atoms with Crippen LogP contribution < -0.4 is 5.11 Å². The van der Waals surface area contributed by atoms with E-state index in [0.717, 1.165) is 96.3 Å². The van der Waals surface area contributed by atoms with E-state index in [9.17, 15) is 19.5 Å². The summed E-state index contributed by atoms with van der Waals surface area (Å²) in [5.74, 6) is -2.30. The number of rotatable bonds is 64. The van der Waals surface area contributed by atoms with Gasteiger partial charge in [-0.05, 0) is 70.6 Å². The van der Waals surface area contributed by atoms with Crippen molar-refractivity contribution in [2.45, 2.75) is 322 Å². The lowest BCUT2D eigenvalue weighted by atomic mass is 10.0. The molecule has 0 aromatic heterocycles. The minimum Gasteiger partial charge on any atom is -0.545 e. The van der Waals surface area contributed by atoms with Gasteiger partial charge in [0.25, 0.3) is 0 Å². The Labute approximate surface area is 512 Å². The molecule has 83 heavy (non-hydrogen) atoms. The van der Waals surface area contributed by atoms with Gasteiger partial charge in [0.2, 0.25) is 0 Å². The molecule has 9 nitrogen and oxygen atoms in total. The number of aliphatic carboxylic acids is 1. The molecule has 0 aliphatic carbocycles. The van der Waals surface area contributed by atoms with Gasteiger partial charge in [0.05, 0.1) is 40.3 Å². The molecule has 0 bridgehead atoms. The number of carbonyl (C=O) groups excluding carboxylic acids is 3. The van der Waals surface area contributed by atoms with Crippen LogP contribution in [0.3, 0.4) is 0 Å². The van der Waals surface area contributed by atoms with Gasteiger partial charge in [-0.2, -0.15) is 0 Å². The van der Waals surface area contributed by atoms with Crippen LogP contribution in [0, 0.1) is 0 Å². The molecule has 0 rings (SSSR count). The van der Waals surface area contributed by atoms with Crippen LogP contribution in [0.1, 0.15) is 309 Å². The number of carboxylic acid groups (broad SMARTS) is 1. The Bertz CT molecular complexity index is 1640. The maximum atomic E-state index is 12.9. The van der Waals surface area contributed by atoms with Crippen molar-refractivity contribution in [2.24, 2.45) is 0 Å². The van der Waals surface area contributed by atoms with E-state index in [4.69, 9.17) is 18.9 Å². The first-order valence-electron chi connectivity index (χ1n) is 34.7. The Kier molecular flexibility index (Phi) is 61.7. The number of esters is 2. The van der Waals surface area contributed by atoms with Crippen molar-refractivity contribution in [2.75, 3.05) is 47.5 Å². The fourth-order valence-corrected chi connectivity index (χ4v) is 9.87. The van der Waals surface area contributed by atoms with E-state index in [-0.39, 0.29) is 38.6 Å². The molecule has 0 aromatic rings. The van der Waals surface area contributed by atoms with Crippen LogP contribution >= 0.6 is 0 Å². The van der Waals surface area contributed by atoms with Gasteiger partial charge in [0, 0.05) is 12.8 Å². The van der Waals surface area contributed by atoms with Crippen LogP contribution in [0.4, 0.5) is 0 Å². The molecule has 0 saturated carbocycles. The van der Waals surface area contributed by atoms with Crippen LogP contribution in [0.15, 0.2) is 85.1 Å². The standard InChI is InChI=1S/C74H131NO8/c1-6-8-10-12-14-16-18-20-22-24-26-28-30-32-34-35-36-37-39-40-42-44-46-48-50-52-54-56-58-60-62-64-71(76)81-68-70(69-82-74(73(78)79)80-67-66-75(3,4)5)83-72(77)65-63-61-59-57-55-53-51-49-47-45-43-41-38-33-31-29-27-25-23-21-19-17-15-13-11-9-7-2/h9,11,15,17,21,23,27,29,33,38,43,45,49,51,70,74H,6-8,10,12-14,16,18-20,22,24-26,28,30-32,34-37,39-42,44,46-48,50,52-69H2,1-5H3/b11-9-,17-15-,23-21-,29-27-,38-33-,45-43-,51-49-. The summed E-state index contributed by atoms with van der Waals surface area (Å²) in [5.41, 5.74) is 0. The molecular formula is C74H131NO8. The number of quaternary nitrogens is 1. The number of carboxylic acids is 1. The summed E-state index contributed by atoms with van der Waals surface area (Å²) in [7, 11) is 5.92. The highest BCUT2D eigenvalue weighted by Crippen LogP contribution is 2.18. The smallest absolute Gasteiger partial charge is 0.306 e. The second-order valence-electron chi connectivity index (χ2n) is 24.4. The van der Waals surface area contributed by atoms with E-state index in [0.29, 0.717) is 17.4 Å². The van der Waals surface area contributed by atoms with Crippen LogP contribution in [-0.4, -0.2) is 82.3 Å². The third-order valence-electron chi connectivity index (χ3n) is 15.2. The van der Waals surface area contributed by atoms with Crippen molar-refractivity contribution in [1.82, 2.24) is 0 Å². The summed E-state index contributed by atoms with van der Waals surface area (Å²) in [4.78, 5) is 37.5. The maximum absolute atomic E-state index is 12.9. The average Bonchev–Trinajstić information content (AvgIpc) is 3.46. The number of likely N-dealkylation sites (N-methyl/N-ethyl adjacent to an activating group) is 1. The molecule has 2 atom stereocenters. The van der Waals surface area contributed by atoms with E-state index in [1.807, 2.05) is 21.1 Å². The Morgan fingerprint density at radius 2 is 0.687 bits per heavy atom. The van der Waals surface area contributed by atoms with Crippen LogP contribution in [0.5, 0.6) is 0 Å². The van der Waals surface area contributed by atoms with Crippen molar-refractivity contribution in [3.8, 4) is 0 Å². The number of hydrogen-bond acceptors (Lipinski definition) is 8. The zero-order valence-electron chi connectivity index (χ0n) is 54.8. The molecule has 9 heteroatoms. The minimum absolute atomic E-state index is 0.141. The SMILES string of the molecule is CC/C=C\C/C=C\C/C=C\C/C=C\C/C=C\C/C=C\C/C=C\CCCCCCCC(=O)OC(COC(=O)CCCCCCCCCCCCCCCCCCCCCCCCCCCCCCCCC)COC(OCC[N+](C)(C)C)C(=O)[O-]. The van der Waals surface area contributed by atoms with Gasteiger partial charge in [-0.3, -0.25) is 9.59 Å². The number of nitrogens with zero attached hydrogens (tertiary/aromatic N) is 1. The van der Waals surface area contributed by atoms with Gasteiger partial charge in [-0.15, -0.1) is 0 Å². The lowest BCUT2D eigenvalue weighted by Gasteiger charge is -2.26. The van der Waals surface area contributed by atoms with E-state index in [2.05, 4.69) is 98.9 Å². The Hall–Kier alpha value is -3.53. The van der Waals surface area contributed by atoms with Crippen LogP contribution in [0.25, 0.3) is 0 Å².